The Morgan fingerprint density at radius 1 is 0.788 bits per heavy atom. The van der Waals surface area contributed by atoms with E-state index in [1.54, 1.807) is 0 Å². The number of carbonyl (C=O) groups excluding carboxylic acids is 3. The topological polar surface area (TPSA) is 51.2 Å². The monoisotopic (exact) mass is 452 g/mol. The molecule has 0 aromatic rings. The van der Waals surface area contributed by atoms with Gasteiger partial charge in [0.2, 0.25) is 0 Å². The van der Waals surface area contributed by atoms with Crippen molar-refractivity contribution in [3.63, 3.8) is 0 Å². The molecule has 0 amide bonds. The number of carbonyl (C=O) groups is 3. The van der Waals surface area contributed by atoms with Gasteiger partial charge in [0.25, 0.3) is 0 Å². The minimum atomic E-state index is -0.551. The first kappa shape index (κ1) is 23.5. The van der Waals surface area contributed by atoms with E-state index in [1.165, 1.54) is 12.8 Å². The Morgan fingerprint density at radius 2 is 1.45 bits per heavy atom. The standard InChI is InChI=1S/C30H44O3/c1-17(2)18-9-10-21-27(18,5)13-14-29(7)25-19(31)15-22-26(3,4)23(33)11-12-28(22,6)24(25)20(32)16-30(21,29)8/h17-18,21-22H,9-16H2,1-8H3. The van der Waals surface area contributed by atoms with E-state index in [2.05, 4.69) is 41.5 Å². The molecule has 0 radical (unpaired) electrons. The molecular weight excluding hydrogens is 408 g/mol. The minimum Gasteiger partial charge on any atom is -0.299 e. The van der Waals surface area contributed by atoms with Crippen LogP contribution in [0.3, 0.4) is 0 Å². The molecule has 3 heteroatoms. The van der Waals surface area contributed by atoms with Crippen molar-refractivity contribution in [2.24, 2.45) is 50.7 Å². The molecule has 0 N–H and O–H groups in total. The van der Waals surface area contributed by atoms with Crippen LogP contribution >= 0.6 is 0 Å². The number of rotatable bonds is 1. The summed E-state index contributed by atoms with van der Waals surface area (Å²) in [5.41, 5.74) is 0.654. The van der Waals surface area contributed by atoms with Crippen LogP contribution in [0.1, 0.15) is 107 Å². The summed E-state index contributed by atoms with van der Waals surface area (Å²) < 4.78 is 0. The predicted molar refractivity (Wildman–Crippen MR) is 131 cm³/mol. The second-order valence-corrected chi connectivity index (χ2v) is 14.3. The molecule has 0 aliphatic heterocycles. The smallest absolute Gasteiger partial charge is 0.160 e. The minimum absolute atomic E-state index is 0.0694. The molecule has 0 heterocycles. The fraction of sp³-hybridized carbons (Fsp3) is 0.833. The molecule has 3 nitrogen and oxygen atoms in total. The Kier molecular flexibility index (Phi) is 4.77. The summed E-state index contributed by atoms with van der Waals surface area (Å²) in [5, 5.41) is 0. The summed E-state index contributed by atoms with van der Waals surface area (Å²) in [6.07, 6.45) is 6.78. The molecule has 0 saturated heterocycles. The van der Waals surface area contributed by atoms with E-state index in [0.29, 0.717) is 43.4 Å². The molecule has 3 saturated carbocycles. The molecule has 7 unspecified atom stereocenters. The van der Waals surface area contributed by atoms with Crippen molar-refractivity contribution in [1.29, 1.82) is 0 Å². The van der Waals surface area contributed by atoms with Crippen molar-refractivity contribution < 1.29 is 14.4 Å². The maximum atomic E-state index is 14.1. The summed E-state index contributed by atoms with van der Waals surface area (Å²) in [5.74, 6) is 2.40. The Bertz CT molecular complexity index is 985. The summed E-state index contributed by atoms with van der Waals surface area (Å²) in [6, 6.07) is 0. The predicted octanol–water partition coefficient (Wildman–Crippen LogP) is 6.74. The number of Topliss-reactive ketones (excluding diaryl/α,β-unsaturated/α-hetero) is 3. The average molecular weight is 453 g/mol. The molecule has 0 aromatic carbocycles. The first-order valence-corrected chi connectivity index (χ1v) is 13.5. The normalized spacial score (nSPS) is 49.0. The van der Waals surface area contributed by atoms with Gasteiger partial charge in [0.15, 0.2) is 11.6 Å². The number of allylic oxidation sites excluding steroid dienone is 2. The van der Waals surface area contributed by atoms with Gasteiger partial charge in [-0.25, -0.2) is 0 Å². The third-order valence-corrected chi connectivity index (χ3v) is 12.5. The van der Waals surface area contributed by atoms with Gasteiger partial charge in [-0.3, -0.25) is 14.4 Å². The first-order chi connectivity index (χ1) is 15.1. The highest BCUT2D eigenvalue weighted by Gasteiger charge is 2.70. The second-order valence-electron chi connectivity index (χ2n) is 14.3. The molecular formula is C30H44O3. The van der Waals surface area contributed by atoms with Gasteiger partial charge < -0.3 is 0 Å². The van der Waals surface area contributed by atoms with Gasteiger partial charge in [-0.2, -0.15) is 0 Å². The zero-order chi connectivity index (χ0) is 24.4. The Hall–Kier alpha value is -1.25. The zero-order valence-corrected chi connectivity index (χ0v) is 22.2. The number of ketones is 3. The SMILES string of the molecule is CC(C)C1CCC2C1(C)CCC1(C)C3=C(C(=O)CC21C)C1(C)CCC(=O)C(C)(C)C1CC3=O. The van der Waals surface area contributed by atoms with E-state index in [4.69, 9.17) is 0 Å². The Labute approximate surface area is 200 Å². The van der Waals surface area contributed by atoms with Crippen LogP contribution in [0.25, 0.3) is 0 Å². The highest BCUT2D eigenvalue weighted by atomic mass is 16.1. The largest absolute Gasteiger partial charge is 0.299 e. The van der Waals surface area contributed by atoms with Crippen molar-refractivity contribution in [3.8, 4) is 0 Å². The molecule has 182 valence electrons. The summed E-state index contributed by atoms with van der Waals surface area (Å²) >= 11 is 0. The molecule has 0 spiro atoms. The third-order valence-electron chi connectivity index (χ3n) is 12.5. The number of fused-ring (bicyclic) bond motifs is 6. The van der Waals surface area contributed by atoms with E-state index >= 15 is 0 Å². The highest BCUT2D eigenvalue weighted by molar-refractivity contribution is 6.12. The first-order valence-electron chi connectivity index (χ1n) is 13.5. The van der Waals surface area contributed by atoms with Crippen LogP contribution in [0.4, 0.5) is 0 Å². The van der Waals surface area contributed by atoms with Crippen molar-refractivity contribution in [2.75, 3.05) is 0 Å². The lowest BCUT2D eigenvalue weighted by Crippen LogP contribution is -2.62. The average Bonchev–Trinajstić information content (AvgIpc) is 3.07. The molecule has 0 aromatic heterocycles. The number of hydrogen-bond acceptors (Lipinski definition) is 3. The van der Waals surface area contributed by atoms with Crippen LogP contribution in [-0.4, -0.2) is 17.3 Å². The van der Waals surface area contributed by atoms with Crippen LogP contribution in [0.2, 0.25) is 0 Å². The van der Waals surface area contributed by atoms with Gasteiger partial charge in [-0.05, 0) is 66.6 Å². The van der Waals surface area contributed by atoms with Crippen LogP contribution < -0.4 is 0 Å². The molecule has 7 atom stereocenters. The van der Waals surface area contributed by atoms with Crippen molar-refractivity contribution in [1.82, 2.24) is 0 Å². The van der Waals surface area contributed by atoms with Gasteiger partial charge in [0.05, 0.1) is 0 Å². The number of hydrogen-bond donors (Lipinski definition) is 0. The van der Waals surface area contributed by atoms with Crippen LogP contribution in [0, 0.1) is 50.7 Å². The van der Waals surface area contributed by atoms with Crippen LogP contribution in [0.15, 0.2) is 11.1 Å². The zero-order valence-electron chi connectivity index (χ0n) is 22.2. The van der Waals surface area contributed by atoms with Gasteiger partial charge in [-0.15, -0.1) is 0 Å². The lowest BCUT2D eigenvalue weighted by molar-refractivity contribution is -0.154. The maximum absolute atomic E-state index is 14.1. The van der Waals surface area contributed by atoms with Crippen molar-refractivity contribution in [3.05, 3.63) is 11.1 Å². The van der Waals surface area contributed by atoms with Crippen LogP contribution in [0.5, 0.6) is 0 Å². The Morgan fingerprint density at radius 3 is 2.09 bits per heavy atom. The molecule has 5 aliphatic carbocycles. The van der Waals surface area contributed by atoms with E-state index < -0.39 is 5.41 Å². The Balaban J connectivity index is 1.68. The van der Waals surface area contributed by atoms with Gasteiger partial charge >= 0.3 is 0 Å². The molecule has 3 fully saturated rings. The quantitative estimate of drug-likeness (QED) is 0.443. The molecule has 33 heavy (non-hydrogen) atoms. The third kappa shape index (κ3) is 2.61. The van der Waals surface area contributed by atoms with E-state index in [0.717, 1.165) is 24.0 Å². The van der Waals surface area contributed by atoms with Gasteiger partial charge in [0, 0.05) is 46.7 Å². The molecule has 5 aliphatic rings. The van der Waals surface area contributed by atoms with E-state index in [9.17, 15) is 14.4 Å². The van der Waals surface area contributed by atoms with E-state index in [-0.39, 0.29) is 44.9 Å². The fourth-order valence-corrected chi connectivity index (χ4v) is 10.5. The second kappa shape index (κ2) is 6.70. The lowest BCUT2D eigenvalue weighted by atomic mass is 9.37. The summed E-state index contributed by atoms with van der Waals surface area (Å²) in [6.45, 7) is 18.1. The van der Waals surface area contributed by atoms with Gasteiger partial charge in [-0.1, -0.05) is 55.4 Å². The highest BCUT2D eigenvalue weighted by Crippen LogP contribution is 2.74. The lowest BCUT2D eigenvalue weighted by Gasteiger charge is -2.65. The fourth-order valence-electron chi connectivity index (χ4n) is 10.5. The summed E-state index contributed by atoms with van der Waals surface area (Å²) in [4.78, 5) is 41.0. The van der Waals surface area contributed by atoms with Crippen LogP contribution in [-0.2, 0) is 14.4 Å². The van der Waals surface area contributed by atoms with Crippen molar-refractivity contribution >= 4 is 17.3 Å². The molecule has 5 rings (SSSR count). The van der Waals surface area contributed by atoms with E-state index in [1.807, 2.05) is 13.8 Å². The maximum Gasteiger partial charge on any atom is 0.160 e. The van der Waals surface area contributed by atoms with Gasteiger partial charge in [0.1, 0.15) is 5.78 Å². The summed E-state index contributed by atoms with van der Waals surface area (Å²) in [7, 11) is 0. The molecule has 0 bridgehead atoms. The van der Waals surface area contributed by atoms with Crippen molar-refractivity contribution in [2.45, 2.75) is 107 Å².